The normalized spacial score (nSPS) is 9.40. The Hall–Kier alpha value is -0.380. The second-order valence-corrected chi connectivity index (χ2v) is 3.03. The van der Waals surface area contributed by atoms with Crippen LogP contribution in [0.2, 0.25) is 0 Å². The van der Waals surface area contributed by atoms with Crippen LogP contribution in [0.4, 0.5) is 4.39 Å². The molecule has 0 spiro atoms. The van der Waals surface area contributed by atoms with E-state index in [0.29, 0.717) is 0 Å². The first-order valence-electron chi connectivity index (χ1n) is 2.81. The van der Waals surface area contributed by atoms with E-state index in [1.54, 1.807) is 12.1 Å². The van der Waals surface area contributed by atoms with E-state index in [2.05, 4.69) is 29.2 Å². The summed E-state index contributed by atoms with van der Waals surface area (Å²) < 4.78 is 13.3. The molecule has 1 aromatic rings. The summed E-state index contributed by atoms with van der Waals surface area (Å²) in [4.78, 5) is 0. The SMILES string of the molecule is C=Cc1ccc(F)cc1I. The topological polar surface area (TPSA) is 0 Å². The fourth-order valence-electron chi connectivity index (χ4n) is 0.667. The van der Waals surface area contributed by atoms with Crippen LogP contribution in [0, 0.1) is 9.39 Å². The first kappa shape index (κ1) is 7.72. The van der Waals surface area contributed by atoms with Gasteiger partial charge in [0, 0.05) is 3.57 Å². The van der Waals surface area contributed by atoms with Crippen LogP contribution in [0.1, 0.15) is 5.56 Å². The van der Waals surface area contributed by atoms with Gasteiger partial charge < -0.3 is 0 Å². The van der Waals surface area contributed by atoms with E-state index >= 15 is 0 Å². The van der Waals surface area contributed by atoms with E-state index in [9.17, 15) is 4.39 Å². The third-order valence-electron chi connectivity index (χ3n) is 1.18. The average molecular weight is 248 g/mol. The Morgan fingerprint density at radius 1 is 1.50 bits per heavy atom. The lowest BCUT2D eigenvalue weighted by atomic mass is 10.2. The van der Waals surface area contributed by atoms with Crippen LogP contribution in [0.5, 0.6) is 0 Å². The Morgan fingerprint density at radius 2 is 2.20 bits per heavy atom. The molecular weight excluding hydrogens is 242 g/mol. The van der Waals surface area contributed by atoms with E-state index in [1.165, 1.54) is 12.1 Å². The fraction of sp³-hybridized carbons (Fsp3) is 0. The molecule has 0 atom stereocenters. The molecule has 0 aliphatic carbocycles. The van der Waals surface area contributed by atoms with Crippen LogP contribution in [-0.4, -0.2) is 0 Å². The van der Waals surface area contributed by atoms with Gasteiger partial charge in [-0.05, 0) is 40.3 Å². The Kier molecular flexibility index (Phi) is 2.43. The zero-order valence-electron chi connectivity index (χ0n) is 5.27. The van der Waals surface area contributed by atoms with Crippen molar-refractivity contribution in [1.29, 1.82) is 0 Å². The zero-order valence-corrected chi connectivity index (χ0v) is 7.43. The minimum atomic E-state index is -0.199. The molecule has 0 saturated carbocycles. The van der Waals surface area contributed by atoms with Crippen LogP contribution >= 0.6 is 22.6 Å². The highest BCUT2D eigenvalue weighted by atomic mass is 127. The molecule has 1 rings (SSSR count). The van der Waals surface area contributed by atoms with Crippen molar-refractivity contribution >= 4 is 28.7 Å². The van der Waals surface area contributed by atoms with E-state index in [0.717, 1.165) is 9.13 Å². The van der Waals surface area contributed by atoms with Gasteiger partial charge in [0.2, 0.25) is 0 Å². The highest BCUT2D eigenvalue weighted by molar-refractivity contribution is 14.1. The molecule has 0 fully saturated rings. The third-order valence-corrected chi connectivity index (χ3v) is 2.12. The molecule has 0 radical (unpaired) electrons. The number of hydrogen-bond donors (Lipinski definition) is 0. The van der Waals surface area contributed by atoms with Crippen molar-refractivity contribution in [2.75, 3.05) is 0 Å². The zero-order chi connectivity index (χ0) is 7.56. The van der Waals surface area contributed by atoms with Crippen LogP contribution in [0.15, 0.2) is 24.8 Å². The second kappa shape index (κ2) is 3.14. The van der Waals surface area contributed by atoms with Crippen LogP contribution in [0.3, 0.4) is 0 Å². The largest absolute Gasteiger partial charge is 0.207 e. The molecule has 0 heterocycles. The highest BCUT2D eigenvalue weighted by Crippen LogP contribution is 2.14. The Bertz CT molecular complexity index is 255. The lowest BCUT2D eigenvalue weighted by Crippen LogP contribution is -1.80. The quantitative estimate of drug-likeness (QED) is 0.670. The molecule has 0 nitrogen and oxygen atoms in total. The van der Waals surface area contributed by atoms with Crippen molar-refractivity contribution in [3.63, 3.8) is 0 Å². The summed E-state index contributed by atoms with van der Waals surface area (Å²) in [5.41, 5.74) is 0.974. The van der Waals surface area contributed by atoms with Gasteiger partial charge in [-0.15, -0.1) is 0 Å². The van der Waals surface area contributed by atoms with Crippen molar-refractivity contribution in [1.82, 2.24) is 0 Å². The first-order valence-corrected chi connectivity index (χ1v) is 3.89. The maximum absolute atomic E-state index is 12.4. The maximum Gasteiger partial charge on any atom is 0.124 e. The summed E-state index contributed by atoms with van der Waals surface area (Å²) in [5.74, 6) is -0.199. The smallest absolute Gasteiger partial charge is 0.124 e. The highest BCUT2D eigenvalue weighted by Gasteiger charge is 1.95. The molecule has 0 aromatic heterocycles. The molecule has 0 amide bonds. The summed E-state index contributed by atoms with van der Waals surface area (Å²) in [5, 5.41) is 0. The van der Waals surface area contributed by atoms with E-state index in [1.807, 2.05) is 0 Å². The van der Waals surface area contributed by atoms with Crippen LogP contribution in [-0.2, 0) is 0 Å². The minimum Gasteiger partial charge on any atom is -0.207 e. The maximum atomic E-state index is 12.4. The summed E-state index contributed by atoms with van der Waals surface area (Å²) in [6.07, 6.45) is 1.71. The molecule has 10 heavy (non-hydrogen) atoms. The van der Waals surface area contributed by atoms with E-state index in [4.69, 9.17) is 0 Å². The van der Waals surface area contributed by atoms with Crippen LogP contribution < -0.4 is 0 Å². The molecule has 0 N–H and O–H groups in total. The number of hydrogen-bond acceptors (Lipinski definition) is 0. The number of benzene rings is 1. The van der Waals surface area contributed by atoms with Gasteiger partial charge in [-0.3, -0.25) is 0 Å². The van der Waals surface area contributed by atoms with Gasteiger partial charge >= 0.3 is 0 Å². The molecule has 0 unspecified atom stereocenters. The van der Waals surface area contributed by atoms with Gasteiger partial charge in [0.15, 0.2) is 0 Å². The molecule has 1 aromatic carbocycles. The molecular formula is C8H6FI. The Labute approximate surface area is 72.9 Å². The van der Waals surface area contributed by atoms with Gasteiger partial charge in [0.1, 0.15) is 5.82 Å². The molecule has 0 bridgehead atoms. The molecule has 52 valence electrons. The van der Waals surface area contributed by atoms with Crippen LogP contribution in [0.25, 0.3) is 6.08 Å². The molecule has 0 aliphatic heterocycles. The number of rotatable bonds is 1. The van der Waals surface area contributed by atoms with E-state index < -0.39 is 0 Å². The Morgan fingerprint density at radius 3 is 2.70 bits per heavy atom. The van der Waals surface area contributed by atoms with Gasteiger partial charge in [-0.1, -0.05) is 18.7 Å². The van der Waals surface area contributed by atoms with Crippen molar-refractivity contribution in [3.8, 4) is 0 Å². The summed E-state index contributed by atoms with van der Waals surface area (Å²) >= 11 is 2.07. The van der Waals surface area contributed by atoms with Crippen molar-refractivity contribution in [2.45, 2.75) is 0 Å². The summed E-state index contributed by atoms with van der Waals surface area (Å²) in [6.45, 7) is 3.59. The second-order valence-electron chi connectivity index (χ2n) is 1.87. The average Bonchev–Trinajstić information content (AvgIpc) is 1.88. The minimum absolute atomic E-state index is 0.199. The van der Waals surface area contributed by atoms with Crippen molar-refractivity contribution in [2.24, 2.45) is 0 Å². The lowest BCUT2D eigenvalue weighted by molar-refractivity contribution is 0.626. The standard InChI is InChI=1S/C8H6FI/c1-2-6-3-4-7(9)5-8(6)10/h2-5H,1H2. The van der Waals surface area contributed by atoms with Crippen molar-refractivity contribution < 1.29 is 4.39 Å². The Balaban J connectivity index is 3.19. The number of halogens is 2. The predicted octanol–water partition coefficient (Wildman–Crippen LogP) is 3.07. The molecule has 2 heteroatoms. The monoisotopic (exact) mass is 248 g/mol. The summed E-state index contributed by atoms with van der Waals surface area (Å²) in [7, 11) is 0. The lowest BCUT2D eigenvalue weighted by Gasteiger charge is -1.95. The fourth-order valence-corrected chi connectivity index (χ4v) is 1.36. The molecule has 0 aliphatic rings. The van der Waals surface area contributed by atoms with Gasteiger partial charge in [-0.25, -0.2) is 4.39 Å². The third kappa shape index (κ3) is 1.56. The van der Waals surface area contributed by atoms with E-state index in [-0.39, 0.29) is 5.82 Å². The van der Waals surface area contributed by atoms with Crippen molar-refractivity contribution in [3.05, 3.63) is 39.7 Å². The summed E-state index contributed by atoms with van der Waals surface area (Å²) in [6, 6.07) is 4.63. The molecule has 0 saturated heterocycles. The van der Waals surface area contributed by atoms with Gasteiger partial charge in [-0.2, -0.15) is 0 Å². The predicted molar refractivity (Wildman–Crippen MR) is 49.2 cm³/mol. The van der Waals surface area contributed by atoms with Gasteiger partial charge in [0.05, 0.1) is 0 Å². The first-order chi connectivity index (χ1) is 4.74. The van der Waals surface area contributed by atoms with Gasteiger partial charge in [0.25, 0.3) is 0 Å².